The highest BCUT2D eigenvalue weighted by Crippen LogP contribution is 2.21. The van der Waals surface area contributed by atoms with Gasteiger partial charge in [-0.05, 0) is 38.5 Å². The fourth-order valence-electron chi connectivity index (χ4n) is 2.64. The van der Waals surface area contributed by atoms with Gasteiger partial charge in [-0.25, -0.2) is 0 Å². The Morgan fingerprint density at radius 3 is 2.89 bits per heavy atom. The second kappa shape index (κ2) is 8.26. The van der Waals surface area contributed by atoms with Crippen LogP contribution in [0.2, 0.25) is 5.02 Å². The number of nitrogens with one attached hydrogen (secondary N) is 1. The average Bonchev–Trinajstić information content (AvgIpc) is 3.16. The molecule has 0 saturated carbocycles. The van der Waals surface area contributed by atoms with Gasteiger partial charge in [0, 0.05) is 23.3 Å². The van der Waals surface area contributed by atoms with Crippen LogP contribution in [0.15, 0.2) is 34.9 Å². The van der Waals surface area contributed by atoms with E-state index >= 15 is 0 Å². The Morgan fingerprint density at radius 1 is 1.33 bits per heavy atom. The van der Waals surface area contributed by atoms with Crippen LogP contribution in [-0.4, -0.2) is 20.8 Å². The summed E-state index contributed by atoms with van der Waals surface area (Å²) in [5.41, 5.74) is 1.74. The van der Waals surface area contributed by atoms with Crippen LogP contribution in [-0.2, 0) is 13.2 Å². The van der Waals surface area contributed by atoms with Gasteiger partial charge >= 0.3 is 0 Å². The number of aryl methyl sites for hydroxylation is 3. The molecule has 0 spiro atoms. The summed E-state index contributed by atoms with van der Waals surface area (Å²) in [7, 11) is 0. The molecule has 0 fully saturated rings. The zero-order valence-electron chi connectivity index (χ0n) is 15.5. The van der Waals surface area contributed by atoms with E-state index < -0.39 is 5.91 Å². The first-order chi connectivity index (χ1) is 13.0. The van der Waals surface area contributed by atoms with Crippen molar-refractivity contribution in [3.05, 3.63) is 58.1 Å². The average molecular weight is 389 g/mol. The van der Waals surface area contributed by atoms with Gasteiger partial charge in [0.2, 0.25) is 0 Å². The van der Waals surface area contributed by atoms with Crippen molar-refractivity contribution in [1.29, 1.82) is 0 Å². The van der Waals surface area contributed by atoms with Crippen molar-refractivity contribution in [2.75, 3.05) is 5.32 Å². The molecule has 27 heavy (non-hydrogen) atoms. The Labute approximate surface area is 162 Å². The second-order valence-electron chi connectivity index (χ2n) is 6.16. The predicted octanol–water partition coefficient (Wildman–Crippen LogP) is 4.38. The summed E-state index contributed by atoms with van der Waals surface area (Å²) in [6.45, 7) is 6.69. The van der Waals surface area contributed by atoms with Gasteiger partial charge in [-0.1, -0.05) is 29.7 Å². The molecule has 0 atom stereocenters. The maximum atomic E-state index is 12.6. The van der Waals surface area contributed by atoms with E-state index in [0.29, 0.717) is 27.9 Å². The van der Waals surface area contributed by atoms with E-state index in [0.717, 1.165) is 18.7 Å². The number of aromatic nitrogens is 3. The number of carbonyl (C=O) groups is 1. The molecule has 142 valence electrons. The lowest BCUT2D eigenvalue weighted by molar-refractivity contribution is 0.101. The summed E-state index contributed by atoms with van der Waals surface area (Å²) in [5.74, 6) is 1.21. The molecule has 1 amide bonds. The third-order valence-corrected chi connectivity index (χ3v) is 4.27. The van der Waals surface area contributed by atoms with Crippen molar-refractivity contribution in [2.45, 2.75) is 40.3 Å². The third kappa shape index (κ3) is 4.49. The van der Waals surface area contributed by atoms with Gasteiger partial charge in [-0.3, -0.25) is 9.48 Å². The molecule has 1 aromatic carbocycles. The summed E-state index contributed by atoms with van der Waals surface area (Å²) >= 11 is 5.96. The van der Waals surface area contributed by atoms with Crippen LogP contribution in [0, 0.1) is 13.8 Å². The van der Waals surface area contributed by atoms with Crippen LogP contribution in [0.4, 0.5) is 5.82 Å². The number of nitrogens with zero attached hydrogens (tertiary/aromatic N) is 3. The summed E-state index contributed by atoms with van der Waals surface area (Å²) in [6, 6.07) is 8.87. The Balaban J connectivity index is 1.73. The first kappa shape index (κ1) is 19.0. The number of hydrogen-bond donors (Lipinski definition) is 1. The largest absolute Gasteiger partial charge is 0.489 e. The molecule has 1 N–H and O–H groups in total. The molecule has 3 rings (SSSR count). The molecule has 2 heterocycles. The van der Waals surface area contributed by atoms with Crippen molar-refractivity contribution in [3.63, 3.8) is 0 Å². The van der Waals surface area contributed by atoms with Gasteiger partial charge in [0.1, 0.15) is 18.1 Å². The smallest absolute Gasteiger partial charge is 0.279 e. The Bertz CT molecular complexity index is 948. The van der Waals surface area contributed by atoms with Gasteiger partial charge < -0.3 is 14.6 Å². The SMILES string of the molecule is CCCn1nc(NC(=O)c2noc(C)c2COc2cccc(Cl)c2)cc1C. The first-order valence-corrected chi connectivity index (χ1v) is 9.05. The summed E-state index contributed by atoms with van der Waals surface area (Å²) in [4.78, 5) is 12.6. The lowest BCUT2D eigenvalue weighted by Gasteiger charge is -2.07. The maximum Gasteiger partial charge on any atom is 0.279 e. The van der Waals surface area contributed by atoms with Gasteiger partial charge in [-0.2, -0.15) is 5.10 Å². The minimum Gasteiger partial charge on any atom is -0.489 e. The maximum absolute atomic E-state index is 12.6. The highest BCUT2D eigenvalue weighted by Gasteiger charge is 2.21. The highest BCUT2D eigenvalue weighted by molar-refractivity contribution is 6.30. The molecule has 2 aromatic heterocycles. The van der Waals surface area contributed by atoms with Gasteiger partial charge in [0.25, 0.3) is 5.91 Å². The number of rotatable bonds is 7. The topological polar surface area (TPSA) is 82.2 Å². The van der Waals surface area contributed by atoms with Crippen LogP contribution in [0.5, 0.6) is 5.75 Å². The summed E-state index contributed by atoms with van der Waals surface area (Å²) in [5, 5.41) is 11.6. The number of benzene rings is 1. The molecular weight excluding hydrogens is 368 g/mol. The van der Waals surface area contributed by atoms with Crippen molar-refractivity contribution in [1.82, 2.24) is 14.9 Å². The lowest BCUT2D eigenvalue weighted by Crippen LogP contribution is -2.16. The number of ether oxygens (including phenoxy) is 1. The molecular formula is C19H21ClN4O3. The summed E-state index contributed by atoms with van der Waals surface area (Å²) in [6.07, 6.45) is 0.962. The quantitative estimate of drug-likeness (QED) is 0.649. The van der Waals surface area contributed by atoms with Crippen LogP contribution < -0.4 is 10.1 Å². The number of amides is 1. The fourth-order valence-corrected chi connectivity index (χ4v) is 2.82. The number of anilines is 1. The van der Waals surface area contributed by atoms with Gasteiger partial charge in [0.15, 0.2) is 11.5 Å². The van der Waals surface area contributed by atoms with E-state index in [-0.39, 0.29) is 12.3 Å². The number of hydrogen-bond acceptors (Lipinski definition) is 5. The van der Waals surface area contributed by atoms with Crippen molar-refractivity contribution < 1.29 is 14.1 Å². The number of halogens is 1. The third-order valence-electron chi connectivity index (χ3n) is 4.04. The van der Waals surface area contributed by atoms with Crippen molar-refractivity contribution in [2.24, 2.45) is 0 Å². The second-order valence-corrected chi connectivity index (χ2v) is 6.60. The van der Waals surface area contributed by atoms with Crippen LogP contribution in [0.1, 0.15) is 40.9 Å². The Kier molecular flexibility index (Phi) is 5.81. The van der Waals surface area contributed by atoms with Gasteiger partial charge in [-0.15, -0.1) is 0 Å². The van der Waals surface area contributed by atoms with E-state index in [9.17, 15) is 4.79 Å². The van der Waals surface area contributed by atoms with E-state index in [1.54, 1.807) is 31.2 Å². The molecule has 8 heteroatoms. The van der Waals surface area contributed by atoms with Crippen LogP contribution in [0.3, 0.4) is 0 Å². The monoisotopic (exact) mass is 388 g/mol. The predicted molar refractivity (Wildman–Crippen MR) is 102 cm³/mol. The molecule has 0 saturated heterocycles. The van der Waals surface area contributed by atoms with E-state index in [1.807, 2.05) is 17.7 Å². The molecule has 3 aromatic rings. The van der Waals surface area contributed by atoms with Crippen molar-refractivity contribution in [3.8, 4) is 5.75 Å². The standard InChI is InChI=1S/C19H21ClN4O3/c1-4-8-24-12(2)9-17(22-24)21-19(25)18-16(13(3)27-23-18)11-26-15-7-5-6-14(20)10-15/h5-7,9-10H,4,8,11H2,1-3H3,(H,21,22,25). The van der Waals surface area contributed by atoms with Crippen molar-refractivity contribution >= 4 is 23.3 Å². The first-order valence-electron chi connectivity index (χ1n) is 8.67. The van der Waals surface area contributed by atoms with Crippen LogP contribution in [0.25, 0.3) is 0 Å². The van der Waals surface area contributed by atoms with Crippen LogP contribution >= 0.6 is 11.6 Å². The van der Waals surface area contributed by atoms with Gasteiger partial charge in [0.05, 0.1) is 5.56 Å². The Hall–Kier alpha value is -2.80. The molecule has 0 aliphatic carbocycles. The van der Waals surface area contributed by atoms with E-state index in [4.69, 9.17) is 20.9 Å². The highest BCUT2D eigenvalue weighted by atomic mass is 35.5. The van der Waals surface area contributed by atoms with E-state index in [1.165, 1.54) is 0 Å². The molecule has 0 bridgehead atoms. The molecule has 0 radical (unpaired) electrons. The van der Waals surface area contributed by atoms with E-state index in [2.05, 4.69) is 22.5 Å². The molecule has 0 aliphatic rings. The Morgan fingerprint density at radius 2 is 2.15 bits per heavy atom. The molecule has 0 unspecified atom stereocenters. The zero-order chi connectivity index (χ0) is 19.4. The minimum atomic E-state index is -0.391. The normalized spacial score (nSPS) is 10.8. The summed E-state index contributed by atoms with van der Waals surface area (Å²) < 4.78 is 12.8. The fraction of sp³-hybridized carbons (Fsp3) is 0.316. The minimum absolute atomic E-state index is 0.141. The molecule has 0 aliphatic heterocycles. The number of carbonyl (C=O) groups excluding carboxylic acids is 1. The zero-order valence-corrected chi connectivity index (χ0v) is 16.2. The molecule has 7 nitrogen and oxygen atoms in total. The lowest BCUT2D eigenvalue weighted by atomic mass is 10.2.